The van der Waals surface area contributed by atoms with Gasteiger partial charge >= 0.3 is 0 Å². The molecule has 2 aliphatic heterocycles. The largest absolute Gasteiger partial charge is 0.386 e. The first-order chi connectivity index (χ1) is 8.82. The molecule has 0 aromatic heterocycles. The molecule has 0 aromatic rings. The Bertz CT molecular complexity index is 390. The van der Waals surface area contributed by atoms with Crippen molar-refractivity contribution in [2.24, 2.45) is 17.8 Å². The number of ether oxygens (including phenoxy) is 2. The molecule has 0 bridgehead atoms. The number of fused-ring (bicyclic) bond motifs is 1. The van der Waals surface area contributed by atoms with Gasteiger partial charge in [-0.15, -0.1) is 0 Å². The van der Waals surface area contributed by atoms with Gasteiger partial charge in [-0.1, -0.05) is 20.8 Å². The number of hydrogen-bond acceptors (Lipinski definition) is 4. The van der Waals surface area contributed by atoms with Crippen molar-refractivity contribution in [1.82, 2.24) is 0 Å². The van der Waals surface area contributed by atoms with Gasteiger partial charge in [0, 0.05) is 6.42 Å². The van der Waals surface area contributed by atoms with Gasteiger partial charge in [0.25, 0.3) is 0 Å². The highest BCUT2D eigenvalue weighted by atomic mass is 16.6. The second-order valence-corrected chi connectivity index (χ2v) is 7.12. The molecule has 3 aliphatic rings. The Morgan fingerprint density at radius 1 is 1.37 bits per heavy atom. The molecule has 1 N–H and O–H groups in total. The van der Waals surface area contributed by atoms with Gasteiger partial charge in [-0.25, -0.2) is 0 Å². The maximum Gasteiger partial charge on any atom is 0.141 e. The first-order valence-electron chi connectivity index (χ1n) is 7.38. The Morgan fingerprint density at radius 3 is 2.63 bits per heavy atom. The van der Waals surface area contributed by atoms with E-state index in [9.17, 15) is 9.90 Å². The molecule has 0 spiro atoms. The van der Waals surface area contributed by atoms with Crippen LogP contribution >= 0.6 is 0 Å². The van der Waals surface area contributed by atoms with Gasteiger partial charge in [0.15, 0.2) is 0 Å². The van der Waals surface area contributed by atoms with Crippen LogP contribution in [0.3, 0.4) is 0 Å². The molecule has 2 saturated heterocycles. The molecule has 108 valence electrons. The van der Waals surface area contributed by atoms with Crippen molar-refractivity contribution in [3.63, 3.8) is 0 Å². The van der Waals surface area contributed by atoms with Crippen LogP contribution in [-0.2, 0) is 14.3 Å². The summed E-state index contributed by atoms with van der Waals surface area (Å²) in [6, 6.07) is 0. The predicted molar refractivity (Wildman–Crippen MR) is 69.7 cm³/mol. The molecule has 0 aromatic carbocycles. The molecule has 7 atom stereocenters. The SMILES string of the molecule is CC(C)[C@@H]1O[C@H]1[C@@H]1O[C@@H]2C[C@H](C)CC(=O)[C@@H]2[C@]1(C)O. The number of carbonyl (C=O) groups is 1. The average molecular weight is 268 g/mol. The van der Waals surface area contributed by atoms with Gasteiger partial charge in [0.2, 0.25) is 0 Å². The number of carbonyl (C=O) groups excluding carboxylic acids is 1. The van der Waals surface area contributed by atoms with Crippen molar-refractivity contribution in [3.8, 4) is 0 Å². The van der Waals surface area contributed by atoms with Crippen LogP contribution in [0.15, 0.2) is 0 Å². The molecular weight excluding hydrogens is 244 g/mol. The third kappa shape index (κ3) is 2.05. The average Bonchev–Trinajstić information content (AvgIpc) is 2.99. The van der Waals surface area contributed by atoms with Crippen LogP contribution in [0.2, 0.25) is 0 Å². The van der Waals surface area contributed by atoms with Crippen molar-refractivity contribution >= 4 is 5.78 Å². The molecular formula is C15H24O4. The van der Waals surface area contributed by atoms with E-state index < -0.39 is 5.60 Å². The van der Waals surface area contributed by atoms with E-state index >= 15 is 0 Å². The van der Waals surface area contributed by atoms with Crippen molar-refractivity contribution in [2.75, 3.05) is 0 Å². The summed E-state index contributed by atoms with van der Waals surface area (Å²) in [5, 5.41) is 10.8. The Hall–Kier alpha value is -0.450. The fourth-order valence-corrected chi connectivity index (χ4v) is 3.96. The zero-order valence-corrected chi connectivity index (χ0v) is 12.1. The fourth-order valence-electron chi connectivity index (χ4n) is 3.96. The van der Waals surface area contributed by atoms with Crippen molar-refractivity contribution in [3.05, 3.63) is 0 Å². The molecule has 4 nitrogen and oxygen atoms in total. The Kier molecular flexibility index (Phi) is 3.04. The number of aliphatic hydroxyl groups is 1. The summed E-state index contributed by atoms with van der Waals surface area (Å²) in [6.07, 6.45) is 1.04. The summed E-state index contributed by atoms with van der Waals surface area (Å²) >= 11 is 0. The first kappa shape index (κ1) is 13.5. The first-order valence-corrected chi connectivity index (χ1v) is 7.38. The molecule has 0 radical (unpaired) electrons. The molecule has 3 fully saturated rings. The number of Topliss-reactive ketones (excluding diaryl/α,β-unsaturated/α-hetero) is 1. The lowest BCUT2D eigenvalue weighted by Gasteiger charge is -2.33. The van der Waals surface area contributed by atoms with E-state index in [0.717, 1.165) is 6.42 Å². The van der Waals surface area contributed by atoms with Gasteiger partial charge in [-0.05, 0) is 25.2 Å². The number of epoxide rings is 1. The van der Waals surface area contributed by atoms with E-state index in [-0.39, 0.29) is 36.1 Å². The topological polar surface area (TPSA) is 59.1 Å². The van der Waals surface area contributed by atoms with E-state index in [4.69, 9.17) is 9.47 Å². The molecule has 3 rings (SSSR count). The molecule has 1 aliphatic carbocycles. The van der Waals surface area contributed by atoms with E-state index in [1.807, 2.05) is 0 Å². The van der Waals surface area contributed by atoms with Crippen LogP contribution in [-0.4, -0.2) is 40.9 Å². The minimum absolute atomic E-state index is 0.0521. The van der Waals surface area contributed by atoms with Gasteiger partial charge in [-0.2, -0.15) is 0 Å². The Labute approximate surface area is 114 Å². The Morgan fingerprint density at radius 2 is 2.05 bits per heavy atom. The number of rotatable bonds is 2. The van der Waals surface area contributed by atoms with Crippen LogP contribution in [0.5, 0.6) is 0 Å². The standard InChI is InChI=1S/C15H24O4/c1-7(2)12-13(19-12)14-15(4,17)11-9(16)5-8(3)6-10(11)18-14/h7-8,10-14,17H,5-6H2,1-4H3/t8-,10-,11+,12+,13-,14+,15+/m1/s1. The highest BCUT2D eigenvalue weighted by molar-refractivity contribution is 5.84. The van der Waals surface area contributed by atoms with Gasteiger partial charge in [-0.3, -0.25) is 4.79 Å². The highest BCUT2D eigenvalue weighted by Crippen LogP contribution is 2.49. The van der Waals surface area contributed by atoms with Crippen molar-refractivity contribution < 1.29 is 19.4 Å². The molecule has 0 amide bonds. The summed E-state index contributed by atoms with van der Waals surface area (Å²) in [6.45, 7) is 8.03. The van der Waals surface area contributed by atoms with Crippen LogP contribution < -0.4 is 0 Å². The van der Waals surface area contributed by atoms with Crippen LogP contribution in [0.25, 0.3) is 0 Å². The Balaban J connectivity index is 1.80. The third-order valence-corrected chi connectivity index (χ3v) is 4.95. The molecule has 0 unspecified atom stereocenters. The normalized spacial score (nSPS) is 53.5. The minimum Gasteiger partial charge on any atom is -0.386 e. The van der Waals surface area contributed by atoms with E-state index in [1.54, 1.807) is 6.92 Å². The fraction of sp³-hybridized carbons (Fsp3) is 0.933. The second kappa shape index (κ2) is 4.27. The monoisotopic (exact) mass is 268 g/mol. The summed E-state index contributed by atoms with van der Waals surface area (Å²) in [7, 11) is 0. The van der Waals surface area contributed by atoms with E-state index in [0.29, 0.717) is 18.3 Å². The third-order valence-electron chi connectivity index (χ3n) is 4.95. The van der Waals surface area contributed by atoms with Gasteiger partial charge in [0.1, 0.15) is 23.6 Å². The predicted octanol–water partition coefficient (Wildman–Crippen LogP) is 1.54. The molecule has 2 heterocycles. The maximum absolute atomic E-state index is 12.2. The summed E-state index contributed by atoms with van der Waals surface area (Å²) in [5.41, 5.74) is -1.09. The quantitative estimate of drug-likeness (QED) is 0.772. The maximum atomic E-state index is 12.2. The zero-order valence-electron chi connectivity index (χ0n) is 12.1. The molecule has 4 heteroatoms. The van der Waals surface area contributed by atoms with E-state index in [2.05, 4.69) is 20.8 Å². The minimum atomic E-state index is -1.09. The summed E-state index contributed by atoms with van der Waals surface area (Å²) in [5.74, 6) is 0.551. The lowest BCUT2D eigenvalue weighted by atomic mass is 9.72. The van der Waals surface area contributed by atoms with Crippen molar-refractivity contribution in [2.45, 2.75) is 70.6 Å². The smallest absolute Gasteiger partial charge is 0.141 e. The summed E-state index contributed by atoms with van der Waals surface area (Å²) < 4.78 is 11.7. The van der Waals surface area contributed by atoms with Gasteiger partial charge < -0.3 is 14.6 Å². The number of ketones is 1. The number of hydrogen-bond donors (Lipinski definition) is 1. The highest BCUT2D eigenvalue weighted by Gasteiger charge is 2.64. The summed E-state index contributed by atoms with van der Waals surface area (Å²) in [4.78, 5) is 12.2. The molecule has 1 saturated carbocycles. The molecule has 19 heavy (non-hydrogen) atoms. The van der Waals surface area contributed by atoms with Crippen LogP contribution in [0.1, 0.15) is 40.5 Å². The van der Waals surface area contributed by atoms with E-state index in [1.165, 1.54) is 0 Å². The van der Waals surface area contributed by atoms with Crippen LogP contribution in [0.4, 0.5) is 0 Å². The zero-order chi connectivity index (χ0) is 13.9. The van der Waals surface area contributed by atoms with Crippen molar-refractivity contribution in [1.29, 1.82) is 0 Å². The lowest BCUT2D eigenvalue weighted by Crippen LogP contribution is -2.49. The van der Waals surface area contributed by atoms with Crippen LogP contribution in [0, 0.1) is 17.8 Å². The lowest BCUT2D eigenvalue weighted by molar-refractivity contribution is -0.134. The second-order valence-electron chi connectivity index (χ2n) is 7.12. The van der Waals surface area contributed by atoms with Gasteiger partial charge in [0.05, 0.1) is 18.1 Å².